The van der Waals surface area contributed by atoms with E-state index in [2.05, 4.69) is 4.98 Å². The highest BCUT2D eigenvalue weighted by Gasteiger charge is 2.36. The number of aryl methyl sites for hydroxylation is 1. The average Bonchev–Trinajstić information content (AvgIpc) is 3.16. The van der Waals surface area contributed by atoms with Crippen molar-refractivity contribution >= 4 is 28.8 Å². The monoisotopic (exact) mass is 442 g/mol. The van der Waals surface area contributed by atoms with Crippen LogP contribution in [0, 0.1) is 6.92 Å². The van der Waals surface area contributed by atoms with Gasteiger partial charge in [-0.15, -0.1) is 11.3 Å². The lowest BCUT2D eigenvalue weighted by atomic mass is 9.84. The highest BCUT2D eigenvalue weighted by Crippen LogP contribution is 2.35. The molecule has 2 heterocycles. The molecule has 1 saturated heterocycles. The molecule has 5 nitrogen and oxygen atoms in total. The zero-order valence-corrected chi connectivity index (χ0v) is 18.5. The molecule has 0 aliphatic carbocycles. The molecule has 2 aromatic carbocycles. The van der Waals surface area contributed by atoms with Crippen LogP contribution in [0.3, 0.4) is 0 Å². The van der Waals surface area contributed by atoms with Crippen LogP contribution in [0.15, 0.2) is 48.5 Å². The number of hydrogen-bond donors (Lipinski definition) is 1. The molecule has 0 bridgehead atoms. The predicted molar refractivity (Wildman–Crippen MR) is 119 cm³/mol. The van der Waals surface area contributed by atoms with Crippen molar-refractivity contribution in [2.75, 3.05) is 20.2 Å². The van der Waals surface area contributed by atoms with Gasteiger partial charge in [-0.1, -0.05) is 23.7 Å². The van der Waals surface area contributed by atoms with Crippen LogP contribution in [0.2, 0.25) is 5.02 Å². The Morgan fingerprint density at radius 2 is 1.77 bits per heavy atom. The molecule has 1 fully saturated rings. The number of rotatable bonds is 4. The third kappa shape index (κ3) is 4.08. The van der Waals surface area contributed by atoms with Crippen molar-refractivity contribution in [1.82, 2.24) is 9.88 Å². The molecule has 1 amide bonds. The number of carbonyl (C=O) groups is 1. The van der Waals surface area contributed by atoms with Crippen molar-refractivity contribution in [3.63, 3.8) is 0 Å². The topological polar surface area (TPSA) is 62.7 Å². The number of likely N-dealkylation sites (tertiary alicyclic amines) is 1. The van der Waals surface area contributed by atoms with E-state index < -0.39 is 5.60 Å². The molecule has 0 atom stereocenters. The number of ether oxygens (including phenoxy) is 1. The van der Waals surface area contributed by atoms with Gasteiger partial charge in [0.25, 0.3) is 5.91 Å². The number of benzene rings is 2. The van der Waals surface area contributed by atoms with Gasteiger partial charge in [-0.2, -0.15) is 0 Å². The molecular formula is C23H23ClN2O3S. The van der Waals surface area contributed by atoms with Crippen molar-refractivity contribution in [1.29, 1.82) is 0 Å². The number of thiazole rings is 1. The molecule has 0 unspecified atom stereocenters. The van der Waals surface area contributed by atoms with Crippen LogP contribution in [0.25, 0.3) is 10.6 Å². The quantitative estimate of drug-likeness (QED) is 0.624. The molecule has 0 radical (unpaired) electrons. The lowest BCUT2D eigenvalue weighted by Crippen LogP contribution is -2.45. The fraction of sp³-hybridized carbons (Fsp3) is 0.304. The number of aliphatic hydroxyl groups is 1. The van der Waals surface area contributed by atoms with E-state index in [9.17, 15) is 9.90 Å². The number of carbonyl (C=O) groups excluding carboxylic acids is 1. The summed E-state index contributed by atoms with van der Waals surface area (Å²) in [5.41, 5.74) is 1.60. The summed E-state index contributed by atoms with van der Waals surface area (Å²) in [6.07, 6.45) is 0.979. The van der Waals surface area contributed by atoms with Gasteiger partial charge in [0.05, 0.1) is 18.4 Å². The Morgan fingerprint density at radius 3 is 2.37 bits per heavy atom. The zero-order chi connectivity index (χ0) is 21.3. The molecule has 1 N–H and O–H groups in total. The Kier molecular flexibility index (Phi) is 5.82. The maximum atomic E-state index is 13.1. The Balaban J connectivity index is 1.48. The van der Waals surface area contributed by atoms with Crippen LogP contribution in [-0.2, 0) is 5.60 Å². The van der Waals surface area contributed by atoms with Gasteiger partial charge >= 0.3 is 0 Å². The largest absolute Gasteiger partial charge is 0.497 e. The van der Waals surface area contributed by atoms with Crippen LogP contribution < -0.4 is 4.74 Å². The number of hydrogen-bond acceptors (Lipinski definition) is 5. The number of nitrogens with zero attached hydrogens (tertiary/aromatic N) is 2. The minimum atomic E-state index is -0.932. The molecule has 30 heavy (non-hydrogen) atoms. The molecule has 1 aliphatic rings. The van der Waals surface area contributed by atoms with E-state index in [-0.39, 0.29) is 5.91 Å². The summed E-state index contributed by atoms with van der Waals surface area (Å²) in [5, 5.41) is 12.5. The standard InChI is InChI=1S/C23H23ClN2O3S/c1-15-20(30-21(25-15)16-3-9-19(29-2)10-4-16)22(27)26-13-11-23(28,12-14-26)17-5-7-18(24)8-6-17/h3-10,28H,11-14H2,1-2H3. The first-order chi connectivity index (χ1) is 14.4. The zero-order valence-electron chi connectivity index (χ0n) is 16.9. The van der Waals surface area contributed by atoms with Crippen LogP contribution in [0.1, 0.15) is 33.8 Å². The lowest BCUT2D eigenvalue weighted by Gasteiger charge is -2.38. The molecule has 0 saturated carbocycles. The molecule has 1 aliphatic heterocycles. The first kappa shape index (κ1) is 20.8. The van der Waals surface area contributed by atoms with Crippen molar-refractivity contribution in [2.24, 2.45) is 0 Å². The lowest BCUT2D eigenvalue weighted by molar-refractivity contribution is -0.0210. The summed E-state index contributed by atoms with van der Waals surface area (Å²) >= 11 is 7.36. The van der Waals surface area contributed by atoms with E-state index in [4.69, 9.17) is 16.3 Å². The Morgan fingerprint density at radius 1 is 1.13 bits per heavy atom. The van der Waals surface area contributed by atoms with Gasteiger partial charge < -0.3 is 14.7 Å². The second kappa shape index (κ2) is 8.38. The van der Waals surface area contributed by atoms with Gasteiger partial charge in [-0.25, -0.2) is 4.98 Å². The highest BCUT2D eigenvalue weighted by atomic mass is 35.5. The van der Waals surface area contributed by atoms with Crippen LogP contribution in [0.4, 0.5) is 0 Å². The van der Waals surface area contributed by atoms with Gasteiger partial charge in [0.1, 0.15) is 15.6 Å². The van der Waals surface area contributed by atoms with E-state index in [1.54, 1.807) is 19.2 Å². The predicted octanol–water partition coefficient (Wildman–Crippen LogP) is 4.90. The molecule has 1 aromatic heterocycles. The van der Waals surface area contributed by atoms with Crippen molar-refractivity contribution in [2.45, 2.75) is 25.4 Å². The second-order valence-electron chi connectivity index (χ2n) is 7.49. The summed E-state index contributed by atoms with van der Waals surface area (Å²) < 4.78 is 5.20. The highest BCUT2D eigenvalue weighted by molar-refractivity contribution is 7.17. The third-order valence-corrected chi connectivity index (χ3v) is 7.03. The second-order valence-corrected chi connectivity index (χ2v) is 8.93. The Labute approximate surface area is 184 Å². The summed E-state index contributed by atoms with van der Waals surface area (Å²) in [6.45, 7) is 2.85. The van der Waals surface area contributed by atoms with E-state index >= 15 is 0 Å². The van der Waals surface area contributed by atoms with Crippen LogP contribution in [-0.4, -0.2) is 41.1 Å². The van der Waals surface area contributed by atoms with E-state index in [1.807, 2.05) is 48.2 Å². The maximum absolute atomic E-state index is 13.1. The SMILES string of the molecule is COc1ccc(-c2nc(C)c(C(=O)N3CCC(O)(c4ccc(Cl)cc4)CC3)s2)cc1. The minimum Gasteiger partial charge on any atom is -0.497 e. The van der Waals surface area contributed by atoms with Crippen molar-refractivity contribution in [3.8, 4) is 16.3 Å². The average molecular weight is 443 g/mol. The molecule has 7 heteroatoms. The fourth-order valence-electron chi connectivity index (χ4n) is 3.72. The smallest absolute Gasteiger partial charge is 0.265 e. The van der Waals surface area contributed by atoms with Crippen molar-refractivity contribution < 1.29 is 14.6 Å². The summed E-state index contributed by atoms with van der Waals surface area (Å²) in [5.74, 6) is 0.757. The number of aromatic nitrogens is 1. The number of piperidine rings is 1. The number of methoxy groups -OCH3 is 1. The van der Waals surface area contributed by atoms with Gasteiger partial charge in [0.15, 0.2) is 0 Å². The first-order valence-corrected chi connectivity index (χ1v) is 11.0. The van der Waals surface area contributed by atoms with Gasteiger partial charge in [0.2, 0.25) is 0 Å². The van der Waals surface area contributed by atoms with Gasteiger partial charge in [-0.3, -0.25) is 4.79 Å². The minimum absolute atomic E-state index is 0.0251. The summed E-state index contributed by atoms with van der Waals surface area (Å²) in [6, 6.07) is 14.9. The fourth-order valence-corrected chi connectivity index (χ4v) is 4.89. The molecular weight excluding hydrogens is 420 g/mol. The van der Waals surface area contributed by atoms with Crippen LogP contribution in [0.5, 0.6) is 5.75 Å². The van der Waals surface area contributed by atoms with Gasteiger partial charge in [-0.05, 0) is 61.7 Å². The number of amides is 1. The third-order valence-electron chi connectivity index (χ3n) is 5.59. The van der Waals surface area contributed by atoms with Crippen LogP contribution >= 0.6 is 22.9 Å². The van der Waals surface area contributed by atoms with E-state index in [1.165, 1.54) is 11.3 Å². The first-order valence-electron chi connectivity index (χ1n) is 9.79. The Hall–Kier alpha value is -2.41. The van der Waals surface area contributed by atoms with Gasteiger partial charge in [0, 0.05) is 23.7 Å². The Bertz CT molecular complexity index is 1040. The molecule has 3 aromatic rings. The number of halogens is 1. The normalized spacial score (nSPS) is 15.8. The van der Waals surface area contributed by atoms with Crippen molar-refractivity contribution in [3.05, 3.63) is 69.7 Å². The van der Waals surface area contributed by atoms with E-state index in [0.717, 1.165) is 27.6 Å². The summed E-state index contributed by atoms with van der Waals surface area (Å²) in [4.78, 5) is 20.2. The molecule has 156 valence electrons. The molecule has 4 rings (SSSR count). The molecule has 0 spiro atoms. The van der Waals surface area contributed by atoms with E-state index in [0.29, 0.717) is 35.8 Å². The summed E-state index contributed by atoms with van der Waals surface area (Å²) in [7, 11) is 1.63. The maximum Gasteiger partial charge on any atom is 0.265 e.